The van der Waals surface area contributed by atoms with Crippen LogP contribution in [0.1, 0.15) is 49.1 Å². The van der Waals surface area contributed by atoms with Gasteiger partial charge in [0, 0.05) is 34.6 Å². The van der Waals surface area contributed by atoms with Crippen LogP contribution in [0.2, 0.25) is 0 Å². The number of nitrogens with zero attached hydrogens (tertiary/aromatic N) is 1. The van der Waals surface area contributed by atoms with Gasteiger partial charge in [-0.1, -0.05) is 20.8 Å². The number of hydrogen-bond acceptors (Lipinski definition) is 3. The number of fused-ring (bicyclic) bond motifs is 2. The topological polar surface area (TPSA) is 50.5 Å². The molecule has 1 amide bonds. The van der Waals surface area contributed by atoms with Crippen molar-refractivity contribution >= 4 is 16.7 Å². The molecular weight excluding hydrogens is 274 g/mol. The third kappa shape index (κ3) is 2.12. The maximum absolute atomic E-state index is 12.7. The minimum absolute atomic E-state index is 0.0333. The number of hydrogen-bond donors (Lipinski definition) is 0. The zero-order chi connectivity index (χ0) is 14.7. The van der Waals surface area contributed by atoms with E-state index in [0.717, 1.165) is 12.2 Å². The van der Waals surface area contributed by atoms with Gasteiger partial charge in [0.1, 0.15) is 11.5 Å². The molecule has 20 heavy (non-hydrogen) atoms. The smallest absolute Gasteiger partial charge is 0.257 e. The Kier molecular flexibility index (Phi) is 3.08. The van der Waals surface area contributed by atoms with Crippen molar-refractivity contribution in [1.82, 2.24) is 4.90 Å². The highest BCUT2D eigenvalue weighted by Gasteiger charge is 2.45. The van der Waals surface area contributed by atoms with E-state index in [4.69, 9.17) is 4.42 Å². The van der Waals surface area contributed by atoms with E-state index in [-0.39, 0.29) is 22.6 Å². The Morgan fingerprint density at radius 2 is 2.15 bits per heavy atom. The normalized spacial score (nSPS) is 29.2. The van der Waals surface area contributed by atoms with Crippen molar-refractivity contribution in [3.05, 3.63) is 23.2 Å². The fourth-order valence-corrected chi connectivity index (χ4v) is 4.75. The summed E-state index contributed by atoms with van der Waals surface area (Å²) in [7, 11) is -0.736. The van der Waals surface area contributed by atoms with E-state index in [9.17, 15) is 9.00 Å². The van der Waals surface area contributed by atoms with Gasteiger partial charge >= 0.3 is 0 Å². The highest BCUT2D eigenvalue weighted by Crippen LogP contribution is 2.33. The van der Waals surface area contributed by atoms with Crippen LogP contribution >= 0.6 is 0 Å². The molecule has 1 aromatic rings. The summed E-state index contributed by atoms with van der Waals surface area (Å²) in [5, 5.41) is 0.179. The van der Waals surface area contributed by atoms with Gasteiger partial charge in [-0.15, -0.1) is 0 Å². The summed E-state index contributed by atoms with van der Waals surface area (Å²) >= 11 is 0. The molecule has 5 heteroatoms. The minimum atomic E-state index is -0.736. The number of furan rings is 1. The van der Waals surface area contributed by atoms with Crippen LogP contribution in [0.4, 0.5) is 0 Å². The standard InChI is InChI=1S/C15H21NO3S/c1-9-12(6-13(19-9)15(2,3)4)14(17)16-7-11-5-10(16)8-20(11)18/h6,10-11H,5,7-8H2,1-4H3/t10-,11-,20?/m0/s1. The molecule has 2 bridgehead atoms. The van der Waals surface area contributed by atoms with Crippen LogP contribution < -0.4 is 0 Å². The van der Waals surface area contributed by atoms with Gasteiger partial charge in [0.25, 0.3) is 5.91 Å². The molecule has 1 aromatic heterocycles. The molecular formula is C15H21NO3S. The SMILES string of the molecule is Cc1oc(C(C)(C)C)cc1C(=O)N1C[C@@H]2C[C@H]1CS2=O. The predicted molar refractivity (Wildman–Crippen MR) is 78.4 cm³/mol. The summed E-state index contributed by atoms with van der Waals surface area (Å²) in [6.45, 7) is 8.68. The third-order valence-electron chi connectivity index (χ3n) is 4.25. The molecule has 4 nitrogen and oxygen atoms in total. The van der Waals surface area contributed by atoms with Gasteiger partial charge in [0.05, 0.1) is 10.8 Å². The van der Waals surface area contributed by atoms with E-state index in [2.05, 4.69) is 20.8 Å². The molecule has 0 aliphatic carbocycles. The van der Waals surface area contributed by atoms with Crippen LogP contribution in [0.5, 0.6) is 0 Å². The minimum Gasteiger partial charge on any atom is -0.465 e. The molecule has 2 fully saturated rings. The van der Waals surface area contributed by atoms with Crippen LogP contribution in [-0.4, -0.2) is 38.6 Å². The Hall–Kier alpha value is -1.10. The quantitative estimate of drug-likeness (QED) is 0.798. The van der Waals surface area contributed by atoms with Gasteiger partial charge in [-0.05, 0) is 19.4 Å². The first kappa shape index (κ1) is 13.9. The number of aryl methyl sites for hydroxylation is 1. The highest BCUT2D eigenvalue weighted by atomic mass is 32.2. The summed E-state index contributed by atoms with van der Waals surface area (Å²) in [6.07, 6.45) is 0.890. The van der Waals surface area contributed by atoms with E-state index in [1.165, 1.54) is 0 Å². The molecule has 0 aromatic carbocycles. The van der Waals surface area contributed by atoms with Crippen molar-refractivity contribution in [2.24, 2.45) is 0 Å². The molecule has 0 N–H and O–H groups in total. The van der Waals surface area contributed by atoms with Gasteiger partial charge in [-0.2, -0.15) is 0 Å². The largest absolute Gasteiger partial charge is 0.465 e. The molecule has 3 heterocycles. The number of carbonyl (C=O) groups excluding carboxylic acids is 1. The van der Waals surface area contributed by atoms with Crippen LogP contribution in [-0.2, 0) is 16.2 Å². The van der Waals surface area contributed by atoms with E-state index in [1.54, 1.807) is 0 Å². The molecule has 0 saturated carbocycles. The summed E-state index contributed by atoms with van der Waals surface area (Å²) in [6, 6.07) is 2.03. The monoisotopic (exact) mass is 295 g/mol. The third-order valence-corrected chi connectivity index (χ3v) is 6.05. The van der Waals surface area contributed by atoms with Crippen molar-refractivity contribution in [1.29, 1.82) is 0 Å². The highest BCUT2D eigenvalue weighted by molar-refractivity contribution is 7.86. The zero-order valence-corrected chi connectivity index (χ0v) is 13.3. The summed E-state index contributed by atoms with van der Waals surface area (Å²) in [4.78, 5) is 14.6. The fraction of sp³-hybridized carbons (Fsp3) is 0.667. The first-order valence-corrected chi connectivity index (χ1v) is 8.44. The Labute approximate surface area is 122 Å². The average molecular weight is 295 g/mol. The summed E-state index contributed by atoms with van der Waals surface area (Å²) in [5.74, 6) is 2.19. The lowest BCUT2D eigenvalue weighted by Crippen LogP contribution is -2.42. The van der Waals surface area contributed by atoms with Crippen molar-refractivity contribution in [2.75, 3.05) is 12.3 Å². The molecule has 0 spiro atoms. The second-order valence-corrected chi connectivity index (χ2v) is 8.61. The first-order chi connectivity index (χ1) is 9.27. The zero-order valence-electron chi connectivity index (χ0n) is 12.4. The Morgan fingerprint density at radius 1 is 1.45 bits per heavy atom. The van der Waals surface area contributed by atoms with E-state index >= 15 is 0 Å². The lowest BCUT2D eigenvalue weighted by Gasteiger charge is -2.26. The van der Waals surface area contributed by atoms with Gasteiger partial charge in [0.2, 0.25) is 0 Å². The molecule has 3 rings (SSSR count). The molecule has 110 valence electrons. The van der Waals surface area contributed by atoms with E-state index < -0.39 is 10.8 Å². The van der Waals surface area contributed by atoms with Crippen LogP contribution in [0.15, 0.2) is 10.5 Å². The van der Waals surface area contributed by atoms with Crippen molar-refractivity contribution in [3.63, 3.8) is 0 Å². The predicted octanol–water partition coefficient (Wildman–Crippen LogP) is 2.23. The Balaban J connectivity index is 1.85. The maximum atomic E-state index is 12.7. The number of likely N-dealkylation sites (tertiary alicyclic amines) is 1. The van der Waals surface area contributed by atoms with Crippen molar-refractivity contribution in [3.8, 4) is 0 Å². The van der Waals surface area contributed by atoms with Crippen molar-refractivity contribution in [2.45, 2.75) is 50.8 Å². The first-order valence-electron chi connectivity index (χ1n) is 7.06. The lowest BCUT2D eigenvalue weighted by atomic mass is 9.93. The lowest BCUT2D eigenvalue weighted by molar-refractivity contribution is 0.0745. The number of amides is 1. The number of carbonyl (C=O) groups is 1. The van der Waals surface area contributed by atoms with Crippen LogP contribution in [0.3, 0.4) is 0 Å². The number of rotatable bonds is 1. The van der Waals surface area contributed by atoms with Gasteiger partial charge in [-0.25, -0.2) is 0 Å². The van der Waals surface area contributed by atoms with Crippen LogP contribution in [0.25, 0.3) is 0 Å². The fourth-order valence-electron chi connectivity index (χ4n) is 3.02. The summed E-state index contributed by atoms with van der Waals surface area (Å²) < 4.78 is 17.5. The molecule has 3 atom stereocenters. The van der Waals surface area contributed by atoms with Gasteiger partial charge in [0.15, 0.2) is 0 Å². The summed E-state index contributed by atoms with van der Waals surface area (Å²) in [5.41, 5.74) is 0.558. The molecule has 2 aliphatic heterocycles. The van der Waals surface area contributed by atoms with E-state index in [1.807, 2.05) is 17.9 Å². The van der Waals surface area contributed by atoms with Crippen LogP contribution in [0, 0.1) is 6.92 Å². The second kappa shape index (κ2) is 4.45. The average Bonchev–Trinajstić information content (AvgIpc) is 2.99. The molecule has 2 saturated heterocycles. The molecule has 1 unspecified atom stereocenters. The van der Waals surface area contributed by atoms with E-state index in [0.29, 0.717) is 23.6 Å². The Morgan fingerprint density at radius 3 is 2.60 bits per heavy atom. The molecule has 0 radical (unpaired) electrons. The molecule has 2 aliphatic rings. The van der Waals surface area contributed by atoms with Crippen molar-refractivity contribution < 1.29 is 13.4 Å². The second-order valence-electron chi connectivity index (χ2n) is 6.85. The van der Waals surface area contributed by atoms with Gasteiger partial charge < -0.3 is 9.32 Å². The van der Waals surface area contributed by atoms with Gasteiger partial charge in [-0.3, -0.25) is 9.00 Å². The Bertz CT molecular complexity index is 584. The maximum Gasteiger partial charge on any atom is 0.257 e.